The fourth-order valence-electron chi connectivity index (χ4n) is 5.38. The van der Waals surface area contributed by atoms with Crippen LogP contribution in [0.15, 0.2) is 34.9 Å². The number of unbranched alkanes of at least 4 members (excludes halogenated alkanes) is 1. The molecule has 0 spiro atoms. The van der Waals surface area contributed by atoms with Gasteiger partial charge < -0.3 is 14.6 Å². The van der Waals surface area contributed by atoms with Gasteiger partial charge in [0.2, 0.25) is 5.91 Å². The minimum atomic E-state index is 0.258. The number of likely N-dealkylation sites (tertiary alicyclic amines) is 1. The van der Waals surface area contributed by atoms with Gasteiger partial charge in [0, 0.05) is 23.4 Å². The lowest BCUT2D eigenvalue weighted by atomic mass is 9.83. The highest BCUT2D eigenvalue weighted by molar-refractivity contribution is 5.81. The molecule has 2 fully saturated rings. The number of benzene rings is 1. The van der Waals surface area contributed by atoms with Crippen LogP contribution in [0.5, 0.6) is 0 Å². The Hall–Kier alpha value is -1.81. The Morgan fingerprint density at radius 2 is 1.87 bits per heavy atom. The second kappa shape index (κ2) is 10.5. The molecule has 0 radical (unpaired) electrons. The van der Waals surface area contributed by atoms with Crippen LogP contribution in [-0.2, 0) is 4.79 Å². The molecule has 1 saturated carbocycles. The number of amides is 1. The van der Waals surface area contributed by atoms with Crippen molar-refractivity contribution < 1.29 is 9.21 Å². The number of hydrogen-bond donors (Lipinski definition) is 1. The Morgan fingerprint density at radius 1 is 1.10 bits per heavy atom. The van der Waals surface area contributed by atoms with Crippen LogP contribution < -0.4 is 5.32 Å². The number of carbonyl (C=O) groups excluding carboxylic acids is 1. The van der Waals surface area contributed by atoms with Crippen molar-refractivity contribution in [2.75, 3.05) is 19.6 Å². The van der Waals surface area contributed by atoms with E-state index in [2.05, 4.69) is 35.3 Å². The topological polar surface area (TPSA) is 45.5 Å². The molecular weight excluding hydrogens is 372 g/mol. The van der Waals surface area contributed by atoms with E-state index in [1.165, 1.54) is 62.7 Å². The van der Waals surface area contributed by atoms with Gasteiger partial charge in [0.1, 0.15) is 5.58 Å². The predicted molar refractivity (Wildman–Crippen MR) is 123 cm³/mol. The van der Waals surface area contributed by atoms with Crippen LogP contribution in [0.25, 0.3) is 11.0 Å². The Bertz CT molecular complexity index is 798. The van der Waals surface area contributed by atoms with Crippen molar-refractivity contribution in [2.45, 2.75) is 83.1 Å². The van der Waals surface area contributed by atoms with Crippen molar-refractivity contribution >= 4 is 16.9 Å². The first kappa shape index (κ1) is 21.4. The van der Waals surface area contributed by atoms with E-state index in [-0.39, 0.29) is 5.91 Å². The molecule has 4 heteroatoms. The minimum Gasteiger partial charge on any atom is -0.464 e. The molecular formula is C26H38N2O2. The molecule has 1 aliphatic carbocycles. The summed E-state index contributed by atoms with van der Waals surface area (Å²) < 4.78 is 5.77. The van der Waals surface area contributed by atoms with Crippen LogP contribution in [0.1, 0.15) is 82.6 Å². The zero-order valence-corrected chi connectivity index (χ0v) is 18.6. The van der Waals surface area contributed by atoms with E-state index in [1.807, 2.05) is 12.3 Å². The standard InChI is InChI=1S/C26H38N2O2/c1-2-3-8-26(29)27-22-11-9-20(10-12-22)13-16-28-17-14-21(15-18-28)24-19-30-25-7-5-4-6-23(24)25/h4-7,19-22H,2-3,8-18H2,1H3,(H,27,29)/t20-,22-. The predicted octanol–water partition coefficient (Wildman–Crippen LogP) is 5.87. The van der Waals surface area contributed by atoms with Gasteiger partial charge in [-0.3, -0.25) is 4.79 Å². The molecule has 0 atom stereocenters. The largest absolute Gasteiger partial charge is 0.464 e. The summed E-state index contributed by atoms with van der Waals surface area (Å²) in [5.74, 6) is 1.73. The zero-order valence-electron chi connectivity index (χ0n) is 18.6. The molecule has 4 nitrogen and oxygen atoms in total. The van der Waals surface area contributed by atoms with Crippen LogP contribution in [0.3, 0.4) is 0 Å². The fourth-order valence-corrected chi connectivity index (χ4v) is 5.38. The fraction of sp³-hybridized carbons (Fsp3) is 0.654. The maximum atomic E-state index is 11.9. The Balaban J connectivity index is 1.15. The van der Waals surface area contributed by atoms with Gasteiger partial charge in [0.05, 0.1) is 6.26 Å². The highest BCUT2D eigenvalue weighted by Gasteiger charge is 2.26. The lowest BCUT2D eigenvalue weighted by molar-refractivity contribution is -0.122. The summed E-state index contributed by atoms with van der Waals surface area (Å²) in [6.07, 6.45) is 13.5. The molecule has 1 amide bonds. The molecule has 1 aliphatic heterocycles. The van der Waals surface area contributed by atoms with E-state index in [1.54, 1.807) is 0 Å². The van der Waals surface area contributed by atoms with Crippen molar-refractivity contribution in [2.24, 2.45) is 5.92 Å². The van der Waals surface area contributed by atoms with Crippen LogP contribution >= 0.6 is 0 Å². The third kappa shape index (κ3) is 5.46. The number of fused-ring (bicyclic) bond motifs is 1. The van der Waals surface area contributed by atoms with Gasteiger partial charge in [-0.05, 0) is 88.9 Å². The van der Waals surface area contributed by atoms with E-state index in [0.717, 1.165) is 37.2 Å². The van der Waals surface area contributed by atoms with E-state index < -0.39 is 0 Å². The molecule has 30 heavy (non-hydrogen) atoms. The second-order valence-corrected chi connectivity index (χ2v) is 9.48. The minimum absolute atomic E-state index is 0.258. The average molecular weight is 411 g/mol. The summed E-state index contributed by atoms with van der Waals surface area (Å²) in [5, 5.41) is 4.55. The zero-order chi connectivity index (χ0) is 20.8. The number of rotatable bonds is 8. The number of nitrogens with zero attached hydrogens (tertiary/aromatic N) is 1. The first-order valence-electron chi connectivity index (χ1n) is 12.2. The molecule has 2 heterocycles. The average Bonchev–Trinajstić information content (AvgIpc) is 3.22. The van der Waals surface area contributed by atoms with Crippen LogP contribution in [0, 0.1) is 5.92 Å². The molecule has 164 valence electrons. The summed E-state index contributed by atoms with van der Waals surface area (Å²) in [4.78, 5) is 14.6. The summed E-state index contributed by atoms with van der Waals surface area (Å²) in [7, 11) is 0. The van der Waals surface area contributed by atoms with Gasteiger partial charge >= 0.3 is 0 Å². The number of nitrogens with one attached hydrogen (secondary N) is 1. The SMILES string of the molecule is CCCCC(=O)N[C@H]1CC[C@H](CCN2CCC(c3coc4ccccc34)CC2)CC1. The lowest BCUT2D eigenvalue weighted by Crippen LogP contribution is -2.38. The maximum absolute atomic E-state index is 11.9. The molecule has 4 rings (SSSR count). The van der Waals surface area contributed by atoms with Crippen molar-refractivity contribution in [3.8, 4) is 0 Å². The third-order valence-corrected chi connectivity index (χ3v) is 7.36. The van der Waals surface area contributed by atoms with E-state index >= 15 is 0 Å². The van der Waals surface area contributed by atoms with Gasteiger partial charge in [-0.2, -0.15) is 0 Å². The van der Waals surface area contributed by atoms with Gasteiger partial charge in [0.15, 0.2) is 0 Å². The molecule has 0 bridgehead atoms. The molecule has 1 saturated heterocycles. The van der Waals surface area contributed by atoms with Gasteiger partial charge in [-0.15, -0.1) is 0 Å². The quantitative estimate of drug-likeness (QED) is 0.592. The molecule has 0 unspecified atom stereocenters. The summed E-state index contributed by atoms with van der Waals surface area (Å²) in [6.45, 7) is 5.78. The van der Waals surface area contributed by atoms with Crippen LogP contribution in [-0.4, -0.2) is 36.5 Å². The molecule has 1 aromatic carbocycles. The highest BCUT2D eigenvalue weighted by Crippen LogP contribution is 2.35. The Morgan fingerprint density at radius 3 is 2.63 bits per heavy atom. The maximum Gasteiger partial charge on any atom is 0.220 e. The summed E-state index contributed by atoms with van der Waals surface area (Å²) in [6, 6.07) is 8.85. The van der Waals surface area contributed by atoms with Gasteiger partial charge in [-0.25, -0.2) is 0 Å². The molecule has 1 N–H and O–H groups in total. The van der Waals surface area contributed by atoms with Crippen molar-refractivity contribution in [1.82, 2.24) is 10.2 Å². The number of furan rings is 1. The van der Waals surface area contributed by atoms with E-state index in [9.17, 15) is 4.79 Å². The molecule has 1 aromatic heterocycles. The number of para-hydroxylation sites is 1. The van der Waals surface area contributed by atoms with Crippen molar-refractivity contribution in [3.63, 3.8) is 0 Å². The van der Waals surface area contributed by atoms with Crippen molar-refractivity contribution in [1.29, 1.82) is 0 Å². The number of hydrogen-bond acceptors (Lipinski definition) is 3. The first-order valence-corrected chi connectivity index (χ1v) is 12.2. The van der Waals surface area contributed by atoms with Gasteiger partial charge in [0.25, 0.3) is 0 Å². The normalized spacial score (nSPS) is 23.6. The van der Waals surface area contributed by atoms with Gasteiger partial charge in [-0.1, -0.05) is 31.5 Å². The lowest BCUT2D eigenvalue weighted by Gasteiger charge is -2.34. The first-order chi connectivity index (χ1) is 14.7. The van der Waals surface area contributed by atoms with Crippen LogP contribution in [0.2, 0.25) is 0 Å². The van der Waals surface area contributed by atoms with E-state index in [4.69, 9.17) is 4.42 Å². The monoisotopic (exact) mass is 410 g/mol. The summed E-state index contributed by atoms with van der Waals surface area (Å²) >= 11 is 0. The van der Waals surface area contributed by atoms with E-state index in [0.29, 0.717) is 18.4 Å². The van der Waals surface area contributed by atoms with Crippen molar-refractivity contribution in [3.05, 3.63) is 36.1 Å². The molecule has 2 aliphatic rings. The van der Waals surface area contributed by atoms with Crippen LogP contribution in [0.4, 0.5) is 0 Å². The third-order valence-electron chi connectivity index (χ3n) is 7.36. The second-order valence-electron chi connectivity index (χ2n) is 9.48. The summed E-state index contributed by atoms with van der Waals surface area (Å²) in [5.41, 5.74) is 2.43. The Kier molecular flexibility index (Phi) is 7.48. The molecule has 2 aromatic rings. The smallest absolute Gasteiger partial charge is 0.220 e. The highest BCUT2D eigenvalue weighted by atomic mass is 16.3. The Labute approximate surface area is 181 Å². The number of piperidine rings is 1. The number of carbonyl (C=O) groups is 1.